The maximum Gasteiger partial charge on any atom is 0.164 e. The van der Waals surface area contributed by atoms with E-state index in [4.69, 9.17) is 15.0 Å². The maximum atomic E-state index is 10.7. The SMILES string of the molecule is N#Cc1cccc(-c2ccc3c(c2)c2ccccc2n3-c2ccc(C#N)cc2-c2cc(-c3nc(-c4ccccc4)nc(-c4ccccc4)n3)ccc2-n2c3ccccc3c3cc(-c4cccc(C#N)c4)ccc32)c1. The van der Waals surface area contributed by atoms with Crippen LogP contribution in [0.5, 0.6) is 0 Å². The Balaban J connectivity index is 1.10. The molecule has 10 aromatic carbocycles. The number of hydrogen-bond acceptors (Lipinski definition) is 6. The van der Waals surface area contributed by atoms with Gasteiger partial charge in [-0.25, -0.2) is 15.0 Å². The van der Waals surface area contributed by atoms with Crippen LogP contribution in [-0.4, -0.2) is 24.1 Å². The molecule has 0 unspecified atom stereocenters. The first-order valence-corrected chi connectivity index (χ1v) is 24.2. The molecule has 0 bridgehead atoms. The van der Waals surface area contributed by atoms with Crippen molar-refractivity contribution in [3.05, 3.63) is 247 Å². The first kappa shape index (κ1) is 43.3. The molecule has 0 aliphatic carbocycles. The molecule has 0 spiro atoms. The van der Waals surface area contributed by atoms with E-state index in [0.717, 1.165) is 105 Å². The minimum Gasteiger partial charge on any atom is -0.309 e. The topological polar surface area (TPSA) is 120 Å². The van der Waals surface area contributed by atoms with Crippen LogP contribution in [0.2, 0.25) is 0 Å². The van der Waals surface area contributed by atoms with Gasteiger partial charge in [-0.3, -0.25) is 0 Å². The lowest BCUT2D eigenvalue weighted by Gasteiger charge is -2.20. The lowest BCUT2D eigenvalue weighted by atomic mass is 9.96. The molecule has 0 aliphatic heterocycles. The number of rotatable bonds is 8. The molecule has 8 nitrogen and oxygen atoms in total. The number of fused-ring (bicyclic) bond motifs is 6. The van der Waals surface area contributed by atoms with Crippen LogP contribution in [0.25, 0.3) is 123 Å². The lowest BCUT2D eigenvalue weighted by molar-refractivity contribution is 1.07. The smallest absolute Gasteiger partial charge is 0.164 e. The first-order chi connectivity index (χ1) is 36.5. The Labute approximate surface area is 425 Å². The molecule has 13 rings (SSSR count). The average Bonchev–Trinajstić information content (AvgIpc) is 4.04. The Morgan fingerprint density at radius 3 is 1.15 bits per heavy atom. The Hall–Kier alpha value is -10.7. The molecule has 3 aromatic heterocycles. The van der Waals surface area contributed by atoms with E-state index in [9.17, 15) is 15.8 Å². The minimum absolute atomic E-state index is 0.500. The van der Waals surface area contributed by atoms with Crippen molar-refractivity contribution in [1.82, 2.24) is 24.1 Å². The molecular weight excluding hydrogens is 905 g/mol. The summed E-state index contributed by atoms with van der Waals surface area (Å²) < 4.78 is 4.61. The van der Waals surface area contributed by atoms with Crippen molar-refractivity contribution in [2.24, 2.45) is 0 Å². The van der Waals surface area contributed by atoms with E-state index in [2.05, 4.69) is 137 Å². The maximum absolute atomic E-state index is 10.7. The van der Waals surface area contributed by atoms with E-state index in [1.165, 1.54) is 0 Å². The Morgan fingerprint density at radius 1 is 0.270 bits per heavy atom. The molecule has 0 saturated carbocycles. The molecule has 0 N–H and O–H groups in total. The van der Waals surface area contributed by atoms with E-state index < -0.39 is 0 Å². The van der Waals surface area contributed by atoms with Gasteiger partial charge in [0, 0.05) is 49.4 Å². The van der Waals surface area contributed by atoms with Gasteiger partial charge in [-0.1, -0.05) is 133 Å². The summed E-state index contributed by atoms with van der Waals surface area (Å²) in [6.45, 7) is 0. The Kier molecular flexibility index (Phi) is 10.5. The second-order valence-corrected chi connectivity index (χ2v) is 18.2. The standard InChI is InChI=1S/C66H38N8/c67-39-42-13-11-19-47(33-42)49-26-30-61-55(36-49)52-21-7-9-23-58(52)73(61)60-29-25-44(41-69)35-54(60)57-38-51(66-71-64(45-15-3-1-4-16-45)70-65(72-66)46-17-5-2-6-18-46)28-32-63(57)74-59-24-10-8-22-53(59)56-37-50(27-31-62(56)74)48-20-12-14-43(34-48)40-68/h1-38H. The molecule has 0 aliphatic rings. The molecule has 0 saturated heterocycles. The van der Waals surface area contributed by atoms with E-state index in [1.54, 1.807) is 0 Å². The summed E-state index contributed by atoms with van der Waals surface area (Å²) in [5.74, 6) is 1.60. The first-order valence-electron chi connectivity index (χ1n) is 24.2. The van der Waals surface area contributed by atoms with Gasteiger partial charge < -0.3 is 9.13 Å². The quantitative estimate of drug-likeness (QED) is 0.150. The van der Waals surface area contributed by atoms with Gasteiger partial charge in [-0.15, -0.1) is 0 Å². The number of aromatic nitrogens is 5. The van der Waals surface area contributed by atoms with Gasteiger partial charge in [0.1, 0.15) is 0 Å². The highest BCUT2D eigenvalue weighted by Gasteiger charge is 2.23. The zero-order valence-corrected chi connectivity index (χ0v) is 39.5. The molecular formula is C66H38N8. The predicted molar refractivity (Wildman–Crippen MR) is 295 cm³/mol. The summed E-state index contributed by atoms with van der Waals surface area (Å²) in [5, 5.41) is 34.5. The third-order valence-electron chi connectivity index (χ3n) is 13.8. The number of nitrogens with zero attached hydrogens (tertiary/aromatic N) is 8. The van der Waals surface area contributed by atoms with Crippen LogP contribution < -0.4 is 0 Å². The molecule has 0 amide bonds. The third kappa shape index (κ3) is 7.42. The zero-order valence-electron chi connectivity index (χ0n) is 39.5. The Bertz CT molecular complexity index is 4470. The number of benzene rings is 10. The van der Waals surface area contributed by atoms with Crippen LogP contribution in [-0.2, 0) is 0 Å². The van der Waals surface area contributed by atoms with Crippen molar-refractivity contribution in [1.29, 1.82) is 15.8 Å². The molecule has 0 atom stereocenters. The molecule has 342 valence electrons. The third-order valence-corrected chi connectivity index (χ3v) is 13.8. The fourth-order valence-electron chi connectivity index (χ4n) is 10.4. The molecule has 8 heteroatoms. The van der Waals surface area contributed by atoms with Crippen LogP contribution in [0.1, 0.15) is 16.7 Å². The summed E-state index contributed by atoms with van der Waals surface area (Å²) >= 11 is 0. The monoisotopic (exact) mass is 942 g/mol. The van der Waals surface area contributed by atoms with E-state index >= 15 is 0 Å². The van der Waals surface area contributed by atoms with Gasteiger partial charge in [0.05, 0.1) is 68.3 Å². The van der Waals surface area contributed by atoms with Gasteiger partial charge in [-0.05, 0) is 119 Å². The molecule has 0 radical (unpaired) electrons. The van der Waals surface area contributed by atoms with Crippen LogP contribution in [0.3, 0.4) is 0 Å². The highest BCUT2D eigenvalue weighted by Crippen LogP contribution is 2.44. The van der Waals surface area contributed by atoms with Crippen LogP contribution in [0.4, 0.5) is 0 Å². The fraction of sp³-hybridized carbons (Fsp3) is 0. The fourth-order valence-corrected chi connectivity index (χ4v) is 10.4. The summed E-state index contributed by atoms with van der Waals surface area (Å²) in [5.41, 5.74) is 15.5. The highest BCUT2D eigenvalue weighted by molar-refractivity contribution is 6.13. The van der Waals surface area contributed by atoms with Crippen LogP contribution >= 0.6 is 0 Å². The normalized spacial score (nSPS) is 11.2. The summed E-state index contributed by atoms with van der Waals surface area (Å²) in [6.07, 6.45) is 0. The van der Waals surface area contributed by atoms with Gasteiger partial charge >= 0.3 is 0 Å². The lowest BCUT2D eigenvalue weighted by Crippen LogP contribution is -2.04. The number of para-hydroxylation sites is 2. The van der Waals surface area contributed by atoms with Gasteiger partial charge in [0.25, 0.3) is 0 Å². The van der Waals surface area contributed by atoms with Crippen LogP contribution in [0.15, 0.2) is 231 Å². The average molecular weight is 943 g/mol. The van der Waals surface area contributed by atoms with E-state index in [0.29, 0.717) is 34.2 Å². The van der Waals surface area contributed by atoms with E-state index in [-0.39, 0.29) is 0 Å². The summed E-state index contributed by atoms with van der Waals surface area (Å²) in [6, 6.07) is 84.5. The van der Waals surface area contributed by atoms with Gasteiger partial charge in [-0.2, -0.15) is 15.8 Å². The zero-order chi connectivity index (χ0) is 49.7. The summed E-state index contributed by atoms with van der Waals surface area (Å²) in [7, 11) is 0. The van der Waals surface area contributed by atoms with Crippen molar-refractivity contribution >= 4 is 43.6 Å². The van der Waals surface area contributed by atoms with Crippen LogP contribution in [0, 0.1) is 34.0 Å². The number of hydrogen-bond donors (Lipinski definition) is 0. The molecule has 13 aromatic rings. The van der Waals surface area contributed by atoms with Crippen molar-refractivity contribution < 1.29 is 0 Å². The predicted octanol–water partition coefficient (Wildman–Crippen LogP) is 15.7. The van der Waals surface area contributed by atoms with E-state index in [1.807, 2.05) is 121 Å². The molecule has 74 heavy (non-hydrogen) atoms. The van der Waals surface area contributed by atoms with Crippen molar-refractivity contribution in [3.63, 3.8) is 0 Å². The van der Waals surface area contributed by atoms with Crippen molar-refractivity contribution in [2.45, 2.75) is 0 Å². The number of nitriles is 3. The van der Waals surface area contributed by atoms with Crippen molar-refractivity contribution in [3.8, 4) is 97.1 Å². The van der Waals surface area contributed by atoms with Crippen molar-refractivity contribution in [2.75, 3.05) is 0 Å². The molecule has 0 fully saturated rings. The van der Waals surface area contributed by atoms with Gasteiger partial charge in [0.2, 0.25) is 0 Å². The van der Waals surface area contributed by atoms with Gasteiger partial charge in [0.15, 0.2) is 17.5 Å². The Morgan fingerprint density at radius 2 is 0.649 bits per heavy atom. The molecule has 3 heterocycles. The summed E-state index contributed by atoms with van der Waals surface area (Å²) in [4.78, 5) is 15.4. The largest absolute Gasteiger partial charge is 0.309 e. The highest BCUT2D eigenvalue weighted by atomic mass is 15.0. The second kappa shape index (κ2) is 17.9. The minimum atomic E-state index is 0.500. The second-order valence-electron chi connectivity index (χ2n) is 18.2.